The largest absolute Gasteiger partial charge is 0.462 e. The first kappa shape index (κ1) is 29.7. The summed E-state index contributed by atoms with van der Waals surface area (Å²) >= 11 is 0. The van der Waals surface area contributed by atoms with Crippen LogP contribution >= 0.6 is 0 Å². The predicted octanol–water partition coefficient (Wildman–Crippen LogP) is 0.919. The van der Waals surface area contributed by atoms with Gasteiger partial charge in [0.1, 0.15) is 38.6 Å². The van der Waals surface area contributed by atoms with Gasteiger partial charge in [-0.15, -0.1) is 0 Å². The lowest BCUT2D eigenvalue weighted by molar-refractivity contribution is -0.162. The predicted molar refractivity (Wildman–Crippen MR) is 106 cm³/mol. The molecule has 0 amide bonds. The van der Waals surface area contributed by atoms with Gasteiger partial charge in [-0.25, -0.2) is 14.4 Å². The second-order valence-electron chi connectivity index (χ2n) is 6.98. The van der Waals surface area contributed by atoms with Crippen molar-refractivity contribution in [1.82, 2.24) is 0 Å². The van der Waals surface area contributed by atoms with Gasteiger partial charge in [-0.1, -0.05) is 13.5 Å². The zero-order valence-electron chi connectivity index (χ0n) is 18.6. The standard InChI is InChI=1S/C11H20O5.C9H14O5/c1-5-11(3,4)10(14)16-7-6-15-9(13)8(2)12;1-6(2)8(11)13-4-5-14-9(12)7(3)10/h8,12H,5-7H2,1-4H3;7,10H,1,4-5H2,2-3H3. The van der Waals surface area contributed by atoms with E-state index in [-0.39, 0.29) is 38.0 Å². The molecule has 0 aliphatic carbocycles. The molecule has 10 nitrogen and oxygen atoms in total. The van der Waals surface area contributed by atoms with E-state index in [1.54, 1.807) is 13.8 Å². The number of carbonyl (C=O) groups excluding carboxylic acids is 4. The van der Waals surface area contributed by atoms with Gasteiger partial charge in [-0.2, -0.15) is 0 Å². The summed E-state index contributed by atoms with van der Waals surface area (Å²) in [6, 6.07) is 0. The number of esters is 4. The second kappa shape index (κ2) is 15.4. The molecule has 10 heteroatoms. The fraction of sp³-hybridized carbons (Fsp3) is 0.700. The summed E-state index contributed by atoms with van der Waals surface area (Å²) in [4.78, 5) is 43.8. The van der Waals surface area contributed by atoms with Gasteiger partial charge in [-0.05, 0) is 41.0 Å². The topological polar surface area (TPSA) is 146 Å². The summed E-state index contributed by atoms with van der Waals surface area (Å²) < 4.78 is 18.7. The van der Waals surface area contributed by atoms with E-state index in [1.807, 2.05) is 6.92 Å². The highest BCUT2D eigenvalue weighted by Crippen LogP contribution is 2.21. The minimum Gasteiger partial charge on any atom is -0.462 e. The molecule has 2 N–H and O–H groups in total. The quantitative estimate of drug-likeness (QED) is 0.208. The van der Waals surface area contributed by atoms with Crippen molar-refractivity contribution in [2.45, 2.75) is 60.2 Å². The zero-order chi connectivity index (χ0) is 23.9. The van der Waals surface area contributed by atoms with Gasteiger partial charge in [0, 0.05) is 5.57 Å². The summed E-state index contributed by atoms with van der Waals surface area (Å²) in [6.07, 6.45) is -1.63. The summed E-state index contributed by atoms with van der Waals surface area (Å²) in [5.41, 5.74) is -0.235. The maximum absolute atomic E-state index is 11.5. The van der Waals surface area contributed by atoms with Gasteiger partial charge in [0.15, 0.2) is 0 Å². The van der Waals surface area contributed by atoms with Gasteiger partial charge in [0.05, 0.1) is 5.41 Å². The fourth-order valence-electron chi connectivity index (χ4n) is 1.26. The Kier molecular flexibility index (Phi) is 15.3. The lowest BCUT2D eigenvalue weighted by Gasteiger charge is -2.20. The molecule has 2 atom stereocenters. The maximum Gasteiger partial charge on any atom is 0.334 e. The molecule has 0 aliphatic rings. The molecule has 0 saturated heterocycles. The van der Waals surface area contributed by atoms with Crippen molar-refractivity contribution in [1.29, 1.82) is 0 Å². The molecule has 30 heavy (non-hydrogen) atoms. The van der Waals surface area contributed by atoms with Crippen LogP contribution in [-0.2, 0) is 38.1 Å². The normalized spacial score (nSPS) is 12.4. The molecular weight excluding hydrogens is 400 g/mol. The number of aliphatic hydroxyl groups excluding tert-OH is 2. The molecular formula is C20H34O10. The highest BCUT2D eigenvalue weighted by Gasteiger charge is 2.26. The van der Waals surface area contributed by atoms with E-state index in [2.05, 4.69) is 20.8 Å². The molecule has 0 heterocycles. The number of carbonyl (C=O) groups is 4. The van der Waals surface area contributed by atoms with E-state index in [0.717, 1.165) is 0 Å². The van der Waals surface area contributed by atoms with Crippen LogP contribution in [0.4, 0.5) is 0 Å². The van der Waals surface area contributed by atoms with E-state index >= 15 is 0 Å². The molecule has 0 aromatic heterocycles. The van der Waals surface area contributed by atoms with Crippen LogP contribution in [0.5, 0.6) is 0 Å². The Bertz CT molecular complexity index is 578. The summed E-state index contributed by atoms with van der Waals surface area (Å²) in [7, 11) is 0. The molecule has 0 saturated carbocycles. The number of ether oxygens (including phenoxy) is 4. The van der Waals surface area contributed by atoms with E-state index in [0.29, 0.717) is 6.42 Å². The van der Waals surface area contributed by atoms with E-state index < -0.39 is 35.5 Å². The Morgan fingerprint density at radius 3 is 1.53 bits per heavy atom. The van der Waals surface area contributed by atoms with Crippen LogP contribution in [0.1, 0.15) is 48.0 Å². The summed E-state index contributed by atoms with van der Waals surface area (Å²) in [6.45, 7) is 12.9. The summed E-state index contributed by atoms with van der Waals surface area (Å²) in [5.74, 6) is -2.30. The van der Waals surface area contributed by atoms with Crippen molar-refractivity contribution < 1.29 is 48.3 Å². The van der Waals surface area contributed by atoms with Crippen LogP contribution < -0.4 is 0 Å². The zero-order valence-corrected chi connectivity index (χ0v) is 18.6. The van der Waals surface area contributed by atoms with Crippen molar-refractivity contribution in [3.63, 3.8) is 0 Å². The maximum atomic E-state index is 11.5. The van der Waals surface area contributed by atoms with Gasteiger partial charge < -0.3 is 29.2 Å². The molecule has 0 rings (SSSR count). The number of hydrogen-bond donors (Lipinski definition) is 2. The van der Waals surface area contributed by atoms with Crippen LogP contribution in [0.2, 0.25) is 0 Å². The highest BCUT2D eigenvalue weighted by molar-refractivity contribution is 5.86. The molecule has 0 fully saturated rings. The van der Waals surface area contributed by atoms with Crippen molar-refractivity contribution in [3.8, 4) is 0 Å². The first-order valence-corrected chi connectivity index (χ1v) is 9.45. The Balaban J connectivity index is 0. The minimum atomic E-state index is -1.16. The van der Waals surface area contributed by atoms with Gasteiger partial charge in [-0.3, -0.25) is 4.79 Å². The van der Waals surface area contributed by atoms with Gasteiger partial charge in [0.25, 0.3) is 0 Å². The molecule has 0 bridgehead atoms. The molecule has 174 valence electrons. The molecule has 0 aromatic carbocycles. The lowest BCUT2D eigenvalue weighted by atomic mass is 9.91. The van der Waals surface area contributed by atoms with Crippen molar-refractivity contribution in [2.75, 3.05) is 26.4 Å². The van der Waals surface area contributed by atoms with Crippen LogP contribution in [0.3, 0.4) is 0 Å². The smallest absolute Gasteiger partial charge is 0.334 e. The third-order valence-corrected chi connectivity index (χ3v) is 3.59. The van der Waals surface area contributed by atoms with Crippen LogP contribution in [0, 0.1) is 5.41 Å². The van der Waals surface area contributed by atoms with Crippen molar-refractivity contribution in [2.24, 2.45) is 5.41 Å². The van der Waals surface area contributed by atoms with Crippen LogP contribution in [0.15, 0.2) is 12.2 Å². The summed E-state index contributed by atoms with van der Waals surface area (Å²) in [5, 5.41) is 17.5. The molecule has 2 unspecified atom stereocenters. The minimum absolute atomic E-state index is 0.0146. The third kappa shape index (κ3) is 14.5. The van der Waals surface area contributed by atoms with Gasteiger partial charge in [0.2, 0.25) is 0 Å². The molecule has 0 spiro atoms. The Morgan fingerprint density at radius 2 is 1.20 bits per heavy atom. The average Bonchev–Trinajstić information content (AvgIpc) is 2.67. The molecule has 0 aromatic rings. The van der Waals surface area contributed by atoms with Gasteiger partial charge >= 0.3 is 23.9 Å². The third-order valence-electron chi connectivity index (χ3n) is 3.59. The SMILES string of the molecule is C=C(C)C(=O)OCCOC(=O)C(C)O.CCC(C)(C)C(=O)OCCOC(=O)C(C)O. The van der Waals surface area contributed by atoms with E-state index in [4.69, 9.17) is 14.9 Å². The Morgan fingerprint density at radius 1 is 0.833 bits per heavy atom. The number of aliphatic hydroxyl groups is 2. The van der Waals surface area contributed by atoms with Crippen LogP contribution in [0.25, 0.3) is 0 Å². The number of rotatable bonds is 11. The van der Waals surface area contributed by atoms with E-state index in [1.165, 1.54) is 20.8 Å². The van der Waals surface area contributed by atoms with Crippen molar-refractivity contribution >= 4 is 23.9 Å². The highest BCUT2D eigenvalue weighted by atomic mass is 16.6. The fourth-order valence-corrected chi connectivity index (χ4v) is 1.26. The lowest BCUT2D eigenvalue weighted by Crippen LogP contribution is -2.28. The molecule has 0 aliphatic heterocycles. The Labute approximate surface area is 177 Å². The Hall–Kier alpha value is -2.46. The number of hydrogen-bond acceptors (Lipinski definition) is 10. The molecule has 0 radical (unpaired) electrons. The first-order valence-electron chi connectivity index (χ1n) is 9.45. The first-order chi connectivity index (χ1) is 13.8. The van der Waals surface area contributed by atoms with Crippen molar-refractivity contribution in [3.05, 3.63) is 12.2 Å². The average molecular weight is 434 g/mol. The monoisotopic (exact) mass is 434 g/mol. The second-order valence-corrected chi connectivity index (χ2v) is 6.98. The van der Waals surface area contributed by atoms with E-state index in [9.17, 15) is 19.2 Å². The van der Waals surface area contributed by atoms with Crippen LogP contribution in [-0.4, -0.2) is 72.7 Å².